The fourth-order valence-electron chi connectivity index (χ4n) is 1.49. The Morgan fingerprint density at radius 1 is 1.24 bits per heavy atom. The van der Waals surface area contributed by atoms with Gasteiger partial charge in [-0.05, 0) is 29.8 Å². The molecule has 0 aliphatic heterocycles. The highest BCUT2D eigenvalue weighted by molar-refractivity contribution is 5.93. The average Bonchev–Trinajstić information content (AvgIpc) is 2.38. The largest absolute Gasteiger partial charge is 0.382 e. The summed E-state index contributed by atoms with van der Waals surface area (Å²) in [6.07, 6.45) is 1.67. The van der Waals surface area contributed by atoms with Gasteiger partial charge in [0.25, 0.3) is 0 Å². The normalized spacial score (nSPS) is 9.88. The lowest BCUT2D eigenvalue weighted by Gasteiger charge is -2.07. The van der Waals surface area contributed by atoms with Crippen molar-refractivity contribution in [2.24, 2.45) is 5.73 Å². The molecule has 0 unspecified atom stereocenters. The van der Waals surface area contributed by atoms with Gasteiger partial charge in [-0.25, -0.2) is 0 Å². The molecule has 2 rings (SSSR count). The lowest BCUT2D eigenvalue weighted by atomic mass is 10.2. The summed E-state index contributed by atoms with van der Waals surface area (Å²) in [5, 5.41) is 10.6. The summed E-state index contributed by atoms with van der Waals surface area (Å²) in [6.45, 7) is 0.687. The first kappa shape index (κ1) is 11.1. The van der Waals surface area contributed by atoms with E-state index < -0.39 is 0 Å². The first-order valence-corrected chi connectivity index (χ1v) is 5.34. The lowest BCUT2D eigenvalue weighted by Crippen LogP contribution is -2.13. The zero-order valence-corrected chi connectivity index (χ0v) is 9.35. The van der Waals surface area contributed by atoms with Gasteiger partial charge in [0.15, 0.2) is 0 Å². The molecule has 1 heterocycles. The third-order valence-corrected chi connectivity index (χ3v) is 2.37. The Hall–Kier alpha value is -2.36. The van der Waals surface area contributed by atoms with Crippen molar-refractivity contribution in [3.63, 3.8) is 0 Å². The number of para-hydroxylation sites is 1. The number of nitrogens with zero attached hydrogens (tertiary/aromatic N) is 1. The molecule has 0 radical (unpaired) electrons. The highest BCUT2D eigenvalue weighted by atomic mass is 14.9. The molecule has 4 heteroatoms. The molecule has 1 aromatic heterocycles. The molecule has 0 spiro atoms. The number of amidine groups is 1. The second-order valence-corrected chi connectivity index (χ2v) is 3.68. The lowest BCUT2D eigenvalue weighted by molar-refractivity contribution is 1.12. The van der Waals surface area contributed by atoms with E-state index in [4.69, 9.17) is 11.1 Å². The van der Waals surface area contributed by atoms with Crippen LogP contribution >= 0.6 is 0 Å². The SMILES string of the molecule is N=C(N)c1cc(CNc2ccccc2)ccn1. The minimum absolute atomic E-state index is 0.00781. The molecule has 0 atom stereocenters. The van der Waals surface area contributed by atoms with E-state index in [0.29, 0.717) is 12.2 Å². The van der Waals surface area contributed by atoms with E-state index in [1.54, 1.807) is 6.20 Å². The van der Waals surface area contributed by atoms with Gasteiger partial charge in [0.2, 0.25) is 0 Å². The summed E-state index contributed by atoms with van der Waals surface area (Å²) in [5.41, 5.74) is 8.02. The van der Waals surface area contributed by atoms with Crippen molar-refractivity contribution in [2.45, 2.75) is 6.54 Å². The quantitative estimate of drug-likeness (QED) is 0.551. The van der Waals surface area contributed by atoms with Gasteiger partial charge in [0.1, 0.15) is 11.5 Å². The molecule has 17 heavy (non-hydrogen) atoms. The number of rotatable bonds is 4. The third-order valence-electron chi connectivity index (χ3n) is 2.37. The second kappa shape index (κ2) is 5.12. The third kappa shape index (κ3) is 3.04. The average molecular weight is 226 g/mol. The Bertz CT molecular complexity index is 508. The number of nitrogens with two attached hydrogens (primary N) is 1. The van der Waals surface area contributed by atoms with Crippen LogP contribution < -0.4 is 11.1 Å². The topological polar surface area (TPSA) is 74.8 Å². The number of anilines is 1. The fraction of sp³-hybridized carbons (Fsp3) is 0.0769. The maximum absolute atomic E-state index is 7.32. The van der Waals surface area contributed by atoms with Crippen LogP contribution in [0.4, 0.5) is 5.69 Å². The smallest absolute Gasteiger partial charge is 0.141 e. The molecule has 0 fully saturated rings. The van der Waals surface area contributed by atoms with Gasteiger partial charge in [-0.3, -0.25) is 10.4 Å². The maximum atomic E-state index is 7.32. The number of hydrogen-bond donors (Lipinski definition) is 3. The maximum Gasteiger partial charge on any atom is 0.141 e. The molecule has 1 aromatic carbocycles. The van der Waals surface area contributed by atoms with Crippen LogP contribution in [0.5, 0.6) is 0 Å². The van der Waals surface area contributed by atoms with Crippen LogP contribution in [0.3, 0.4) is 0 Å². The van der Waals surface area contributed by atoms with E-state index >= 15 is 0 Å². The molecule has 0 saturated carbocycles. The Morgan fingerprint density at radius 2 is 2.00 bits per heavy atom. The van der Waals surface area contributed by atoms with Crippen LogP contribution in [-0.2, 0) is 6.54 Å². The Morgan fingerprint density at radius 3 is 2.71 bits per heavy atom. The number of benzene rings is 1. The first-order chi connectivity index (χ1) is 8.25. The highest BCUT2D eigenvalue weighted by Gasteiger charge is 1.99. The summed E-state index contributed by atoms with van der Waals surface area (Å²) in [4.78, 5) is 4.02. The predicted octanol–water partition coefficient (Wildman–Crippen LogP) is 1.98. The molecule has 4 nitrogen and oxygen atoms in total. The molecule has 0 amide bonds. The Balaban J connectivity index is 2.04. The summed E-state index contributed by atoms with van der Waals surface area (Å²) in [5.74, 6) is -0.00781. The number of nitrogen functional groups attached to an aromatic ring is 1. The van der Waals surface area contributed by atoms with Crippen LogP contribution in [0.15, 0.2) is 48.7 Å². The van der Waals surface area contributed by atoms with Crippen molar-refractivity contribution in [3.8, 4) is 0 Å². The predicted molar refractivity (Wildman–Crippen MR) is 69.0 cm³/mol. The Kier molecular flexibility index (Phi) is 3.35. The fourth-order valence-corrected chi connectivity index (χ4v) is 1.49. The van der Waals surface area contributed by atoms with Crippen molar-refractivity contribution in [3.05, 3.63) is 59.9 Å². The van der Waals surface area contributed by atoms with E-state index in [1.165, 1.54) is 0 Å². The van der Waals surface area contributed by atoms with E-state index in [0.717, 1.165) is 11.3 Å². The van der Waals surface area contributed by atoms with Crippen molar-refractivity contribution >= 4 is 11.5 Å². The van der Waals surface area contributed by atoms with Crippen LogP contribution in [0.2, 0.25) is 0 Å². The zero-order valence-electron chi connectivity index (χ0n) is 9.35. The first-order valence-electron chi connectivity index (χ1n) is 5.34. The van der Waals surface area contributed by atoms with E-state index in [-0.39, 0.29) is 5.84 Å². The van der Waals surface area contributed by atoms with Gasteiger partial charge in [-0.15, -0.1) is 0 Å². The van der Waals surface area contributed by atoms with Crippen LogP contribution in [0.1, 0.15) is 11.3 Å². The number of aromatic nitrogens is 1. The molecule has 0 aliphatic rings. The van der Waals surface area contributed by atoms with Crippen molar-refractivity contribution in [1.29, 1.82) is 5.41 Å². The van der Waals surface area contributed by atoms with Crippen LogP contribution in [0, 0.1) is 5.41 Å². The van der Waals surface area contributed by atoms with Crippen LogP contribution in [-0.4, -0.2) is 10.8 Å². The van der Waals surface area contributed by atoms with E-state index in [9.17, 15) is 0 Å². The molecule has 86 valence electrons. The van der Waals surface area contributed by atoms with E-state index in [2.05, 4.69) is 10.3 Å². The zero-order chi connectivity index (χ0) is 12.1. The summed E-state index contributed by atoms with van der Waals surface area (Å²) in [6, 6.07) is 13.7. The van der Waals surface area contributed by atoms with E-state index in [1.807, 2.05) is 42.5 Å². The van der Waals surface area contributed by atoms with Gasteiger partial charge in [0, 0.05) is 18.4 Å². The molecule has 0 aliphatic carbocycles. The van der Waals surface area contributed by atoms with Gasteiger partial charge in [-0.2, -0.15) is 0 Å². The summed E-state index contributed by atoms with van der Waals surface area (Å²) >= 11 is 0. The minimum atomic E-state index is -0.00781. The molecule has 0 bridgehead atoms. The van der Waals surface area contributed by atoms with Gasteiger partial charge >= 0.3 is 0 Å². The van der Waals surface area contributed by atoms with Gasteiger partial charge < -0.3 is 11.1 Å². The standard InChI is InChI=1S/C13H14N4/c14-13(15)12-8-10(6-7-16-12)9-17-11-4-2-1-3-5-11/h1-8,17H,9H2,(H3,14,15). The summed E-state index contributed by atoms with van der Waals surface area (Å²) in [7, 11) is 0. The molecule has 4 N–H and O–H groups in total. The molecule has 2 aromatic rings. The number of hydrogen-bond acceptors (Lipinski definition) is 3. The molecular formula is C13H14N4. The minimum Gasteiger partial charge on any atom is -0.382 e. The van der Waals surface area contributed by atoms with Crippen molar-refractivity contribution < 1.29 is 0 Å². The van der Waals surface area contributed by atoms with Gasteiger partial charge in [-0.1, -0.05) is 18.2 Å². The molecule has 0 saturated heterocycles. The van der Waals surface area contributed by atoms with Crippen LogP contribution in [0.25, 0.3) is 0 Å². The van der Waals surface area contributed by atoms with Gasteiger partial charge in [0.05, 0.1) is 0 Å². The number of pyridine rings is 1. The summed E-state index contributed by atoms with van der Waals surface area (Å²) < 4.78 is 0. The molecular weight excluding hydrogens is 212 g/mol. The second-order valence-electron chi connectivity index (χ2n) is 3.68. The van der Waals surface area contributed by atoms with Crippen molar-refractivity contribution in [1.82, 2.24) is 4.98 Å². The Labute approximate surface area is 100 Å². The van der Waals surface area contributed by atoms with Crippen molar-refractivity contribution in [2.75, 3.05) is 5.32 Å². The highest BCUT2D eigenvalue weighted by Crippen LogP contribution is 2.08. The monoisotopic (exact) mass is 226 g/mol. The number of nitrogens with one attached hydrogen (secondary N) is 2.